The van der Waals surface area contributed by atoms with E-state index < -0.39 is 21.6 Å². The van der Waals surface area contributed by atoms with Gasteiger partial charge in [-0.05, 0) is 61.0 Å². The van der Waals surface area contributed by atoms with Crippen LogP contribution in [0.15, 0.2) is 58.6 Å². The number of carbonyl (C=O) groups excluding carboxylic acids is 1. The van der Waals surface area contributed by atoms with Gasteiger partial charge < -0.3 is 9.47 Å². The fourth-order valence-corrected chi connectivity index (χ4v) is 5.66. The van der Waals surface area contributed by atoms with Crippen LogP contribution in [0, 0.1) is 5.82 Å². The van der Waals surface area contributed by atoms with Crippen LogP contribution in [0.4, 0.5) is 13.2 Å². The van der Waals surface area contributed by atoms with E-state index in [1.54, 1.807) is 29.2 Å². The monoisotopic (exact) mass is 498 g/mol. The number of alkyl halides is 2. The highest BCUT2D eigenvalue weighted by atomic mass is 32.2. The molecule has 1 aliphatic rings. The number of para-hydroxylation sites is 2. The molecule has 1 fully saturated rings. The molecule has 0 radical (unpaired) electrons. The first-order chi connectivity index (χ1) is 15.7. The summed E-state index contributed by atoms with van der Waals surface area (Å²) in [5, 5.41) is 0.0708. The van der Waals surface area contributed by atoms with Gasteiger partial charge in [0.2, 0.25) is 15.9 Å². The third-order valence-electron chi connectivity index (χ3n) is 5.40. The van der Waals surface area contributed by atoms with E-state index in [4.69, 9.17) is 0 Å². The lowest BCUT2D eigenvalue weighted by atomic mass is 10.1. The maximum atomic E-state index is 13.1. The number of rotatable bonds is 7. The van der Waals surface area contributed by atoms with Gasteiger partial charge in [-0.15, -0.1) is 0 Å². The van der Waals surface area contributed by atoms with E-state index in [-0.39, 0.29) is 28.5 Å². The molecule has 1 aliphatic heterocycles. The van der Waals surface area contributed by atoms with Crippen molar-refractivity contribution in [3.63, 3.8) is 0 Å². The first kappa shape index (κ1) is 23.6. The smallest absolute Gasteiger partial charge is 0.291 e. The zero-order valence-corrected chi connectivity index (χ0v) is 19.0. The second kappa shape index (κ2) is 9.74. The number of piperidine rings is 1. The number of nitrogens with zero attached hydrogens (tertiary/aromatic N) is 3. The molecule has 0 aliphatic carbocycles. The highest BCUT2D eigenvalue weighted by Crippen LogP contribution is 2.28. The molecule has 2 heterocycles. The zero-order valence-electron chi connectivity index (χ0n) is 17.3. The molecule has 33 heavy (non-hydrogen) atoms. The number of benzene rings is 2. The summed E-state index contributed by atoms with van der Waals surface area (Å²) in [6.45, 7) is 0.500. The maximum absolute atomic E-state index is 13.1. The molecule has 1 saturated heterocycles. The molecule has 1 aromatic heterocycles. The second-order valence-electron chi connectivity index (χ2n) is 7.58. The van der Waals surface area contributed by atoms with Gasteiger partial charge in [0.25, 0.3) is 5.76 Å². The maximum Gasteiger partial charge on any atom is 0.291 e. The predicted molar refractivity (Wildman–Crippen MR) is 118 cm³/mol. The number of sulfonamides is 1. The fourth-order valence-electron chi connectivity index (χ4n) is 3.76. The average molecular weight is 499 g/mol. The number of carbonyl (C=O) groups is 1. The number of aromatic nitrogens is 2. The molecule has 4 rings (SSSR count). The van der Waals surface area contributed by atoms with E-state index in [2.05, 4.69) is 9.71 Å². The number of amides is 1. The molecular formula is C21H21F3N4O3S2. The van der Waals surface area contributed by atoms with Gasteiger partial charge >= 0.3 is 0 Å². The van der Waals surface area contributed by atoms with Gasteiger partial charge in [-0.2, -0.15) is 8.78 Å². The molecule has 0 spiro atoms. The number of imidazole rings is 1. The van der Waals surface area contributed by atoms with Crippen LogP contribution in [0.25, 0.3) is 11.0 Å². The van der Waals surface area contributed by atoms with Crippen LogP contribution in [0.1, 0.15) is 12.8 Å². The number of halogens is 3. The average Bonchev–Trinajstić information content (AvgIpc) is 3.10. The van der Waals surface area contributed by atoms with Crippen LogP contribution >= 0.6 is 11.8 Å². The summed E-state index contributed by atoms with van der Waals surface area (Å²) in [6, 6.07) is 11.1. The van der Waals surface area contributed by atoms with E-state index in [0.717, 1.165) is 12.1 Å². The molecule has 0 unspecified atom stereocenters. The lowest BCUT2D eigenvalue weighted by Gasteiger charge is -2.32. The minimum atomic E-state index is -3.80. The third kappa shape index (κ3) is 5.50. The molecular weight excluding hydrogens is 477 g/mol. The van der Waals surface area contributed by atoms with Crippen molar-refractivity contribution in [2.24, 2.45) is 0 Å². The minimum Gasteiger partial charge on any atom is -0.341 e. The highest BCUT2D eigenvalue weighted by Gasteiger charge is 2.28. The van der Waals surface area contributed by atoms with Gasteiger partial charge in [0.15, 0.2) is 5.16 Å². The summed E-state index contributed by atoms with van der Waals surface area (Å²) in [5.74, 6) is -3.45. The number of hydrogen-bond donors (Lipinski definition) is 1. The molecule has 0 atom stereocenters. The molecule has 176 valence electrons. The highest BCUT2D eigenvalue weighted by molar-refractivity contribution is 7.99. The number of hydrogen-bond acceptors (Lipinski definition) is 5. The summed E-state index contributed by atoms with van der Waals surface area (Å²) < 4.78 is 68.1. The molecule has 1 N–H and O–H groups in total. The van der Waals surface area contributed by atoms with E-state index in [9.17, 15) is 26.4 Å². The van der Waals surface area contributed by atoms with Crippen molar-refractivity contribution in [1.29, 1.82) is 0 Å². The van der Waals surface area contributed by atoms with Gasteiger partial charge in [-0.25, -0.2) is 22.5 Å². The molecule has 2 aromatic carbocycles. The van der Waals surface area contributed by atoms with Crippen LogP contribution in [0.3, 0.4) is 0 Å². The third-order valence-corrected chi connectivity index (χ3v) is 7.64. The Morgan fingerprint density at radius 2 is 1.79 bits per heavy atom. The van der Waals surface area contributed by atoms with Crippen molar-refractivity contribution in [3.8, 4) is 0 Å². The number of fused-ring (bicyclic) bond motifs is 1. The molecule has 1 amide bonds. The molecule has 3 aromatic rings. The Hall–Kier alpha value is -2.57. The summed E-state index contributed by atoms with van der Waals surface area (Å²) in [7, 11) is -3.80. The van der Waals surface area contributed by atoms with Gasteiger partial charge in [-0.3, -0.25) is 4.79 Å². The van der Waals surface area contributed by atoms with E-state index in [1.165, 1.54) is 16.7 Å². The Balaban J connectivity index is 1.40. The van der Waals surface area contributed by atoms with Gasteiger partial charge in [0.05, 0.1) is 15.9 Å². The lowest BCUT2D eigenvalue weighted by Crippen LogP contribution is -2.47. The van der Waals surface area contributed by atoms with Crippen LogP contribution in [-0.2, 0) is 21.4 Å². The Kier molecular flexibility index (Phi) is 6.96. The largest absolute Gasteiger partial charge is 0.341 e. The van der Waals surface area contributed by atoms with Gasteiger partial charge in [0.1, 0.15) is 12.4 Å². The van der Waals surface area contributed by atoms with E-state index >= 15 is 0 Å². The Bertz CT molecular complexity index is 1240. The first-order valence-electron chi connectivity index (χ1n) is 10.2. The van der Waals surface area contributed by atoms with Crippen LogP contribution in [-0.4, -0.2) is 53.7 Å². The van der Waals surface area contributed by atoms with Gasteiger partial charge in [0, 0.05) is 19.1 Å². The van der Waals surface area contributed by atoms with Crippen molar-refractivity contribution >= 4 is 38.7 Å². The number of nitrogens with one attached hydrogen (secondary N) is 1. The normalized spacial score (nSPS) is 15.5. The fraction of sp³-hybridized carbons (Fsp3) is 0.333. The minimum absolute atomic E-state index is 0.0292. The molecule has 7 nitrogen and oxygen atoms in total. The second-order valence-corrected chi connectivity index (χ2v) is 10.2. The van der Waals surface area contributed by atoms with E-state index in [0.29, 0.717) is 48.7 Å². The number of likely N-dealkylation sites (tertiary alicyclic amines) is 1. The quantitative estimate of drug-likeness (QED) is 0.505. The zero-order chi connectivity index (χ0) is 23.6. The lowest BCUT2D eigenvalue weighted by molar-refractivity contribution is -0.132. The molecule has 0 bridgehead atoms. The standard InChI is InChI=1S/C21H21F3N4O3S2/c22-14-5-7-16(8-6-14)33(30,31)26-15-9-11-27(12-10-15)19(29)13-28-18-4-2-1-3-17(18)25-21(28)32-20(23)24/h1-8,15,20,26H,9-13H2. The SMILES string of the molecule is O=C(Cn1c(SC(F)F)nc2ccccc21)N1CCC(NS(=O)(=O)c2ccc(F)cc2)CC1. The van der Waals surface area contributed by atoms with Crippen LogP contribution in [0.5, 0.6) is 0 Å². The first-order valence-corrected chi connectivity index (χ1v) is 12.5. The topological polar surface area (TPSA) is 84.3 Å². The molecule has 0 saturated carbocycles. The van der Waals surface area contributed by atoms with Crippen LogP contribution < -0.4 is 4.72 Å². The summed E-state index contributed by atoms with van der Waals surface area (Å²) in [6.07, 6.45) is 0.797. The van der Waals surface area contributed by atoms with Crippen molar-refractivity contribution in [2.45, 2.75) is 41.2 Å². The van der Waals surface area contributed by atoms with Crippen molar-refractivity contribution in [2.75, 3.05) is 13.1 Å². The van der Waals surface area contributed by atoms with Crippen molar-refractivity contribution < 1.29 is 26.4 Å². The Morgan fingerprint density at radius 3 is 2.45 bits per heavy atom. The summed E-state index contributed by atoms with van der Waals surface area (Å²) in [4.78, 5) is 18.7. The Labute approximate surface area is 193 Å². The van der Waals surface area contributed by atoms with Crippen molar-refractivity contribution in [1.82, 2.24) is 19.2 Å². The predicted octanol–water partition coefficient (Wildman–Crippen LogP) is 3.46. The Morgan fingerprint density at radius 1 is 1.12 bits per heavy atom. The number of thioether (sulfide) groups is 1. The summed E-state index contributed by atoms with van der Waals surface area (Å²) in [5.41, 5.74) is 1.12. The molecule has 12 heteroatoms. The van der Waals surface area contributed by atoms with Crippen molar-refractivity contribution in [3.05, 3.63) is 54.3 Å². The summed E-state index contributed by atoms with van der Waals surface area (Å²) >= 11 is 0.293. The van der Waals surface area contributed by atoms with E-state index in [1.807, 2.05) is 0 Å². The van der Waals surface area contributed by atoms with Gasteiger partial charge in [-0.1, -0.05) is 12.1 Å². The van der Waals surface area contributed by atoms with Crippen LogP contribution in [0.2, 0.25) is 0 Å².